The number of para-hydroxylation sites is 1. The lowest BCUT2D eigenvalue weighted by Crippen LogP contribution is -2.50. The number of hydrazone groups is 1. The Balaban J connectivity index is 1.90. The molecule has 1 amide bonds. The largest absolute Gasteiger partial charge is 0.494 e. The lowest BCUT2D eigenvalue weighted by molar-refractivity contribution is -0.116. The number of ether oxygens (including phenoxy) is 1. The van der Waals surface area contributed by atoms with E-state index < -0.39 is 6.17 Å². The highest BCUT2D eigenvalue weighted by Gasteiger charge is 2.35. The number of benzene rings is 2. The van der Waals surface area contributed by atoms with Gasteiger partial charge in [0.05, 0.1) is 12.0 Å². The van der Waals surface area contributed by atoms with Crippen LogP contribution in [0.25, 0.3) is 5.70 Å². The van der Waals surface area contributed by atoms with Gasteiger partial charge in [-0.15, -0.1) is 5.10 Å². The van der Waals surface area contributed by atoms with Gasteiger partial charge in [0, 0.05) is 21.0 Å². The Labute approximate surface area is 181 Å². The highest BCUT2D eigenvalue weighted by atomic mass is 79.9. The van der Waals surface area contributed by atoms with E-state index in [0.717, 1.165) is 38.5 Å². The minimum Gasteiger partial charge on any atom is -0.494 e. The van der Waals surface area contributed by atoms with Gasteiger partial charge in [0.15, 0.2) is 11.3 Å². The van der Waals surface area contributed by atoms with Gasteiger partial charge in [0.1, 0.15) is 11.4 Å². The summed E-state index contributed by atoms with van der Waals surface area (Å²) in [6.07, 6.45) is 0.521. The normalized spacial score (nSPS) is 17.7. The van der Waals surface area contributed by atoms with Gasteiger partial charge in [-0.1, -0.05) is 52.8 Å². The van der Waals surface area contributed by atoms with Crippen molar-refractivity contribution in [1.82, 2.24) is 10.3 Å². The van der Waals surface area contributed by atoms with E-state index in [2.05, 4.69) is 28.2 Å². The van der Waals surface area contributed by atoms with E-state index in [1.54, 1.807) is 5.01 Å². The van der Waals surface area contributed by atoms with E-state index in [1.807, 2.05) is 49.4 Å². The Morgan fingerprint density at radius 1 is 1.24 bits per heavy atom. The fraction of sp³-hybridized carbons (Fsp3) is 0.286. The van der Waals surface area contributed by atoms with Crippen LogP contribution < -0.4 is 20.6 Å². The second-order valence-corrected chi connectivity index (χ2v) is 8.48. The number of amidine groups is 1. The van der Waals surface area contributed by atoms with Crippen molar-refractivity contribution in [2.24, 2.45) is 10.1 Å². The molecule has 0 aromatic heterocycles. The van der Waals surface area contributed by atoms with Gasteiger partial charge in [0.2, 0.25) is 0 Å². The molecule has 2 aliphatic rings. The van der Waals surface area contributed by atoms with Crippen LogP contribution in [-0.2, 0) is 4.79 Å². The molecule has 1 unspecified atom stereocenters. The molecule has 0 fully saturated rings. The Hall–Kier alpha value is -2.32. The Morgan fingerprint density at radius 3 is 2.86 bits per heavy atom. The number of amides is 1. The minimum absolute atomic E-state index is 0.164. The molecule has 2 aromatic carbocycles. The summed E-state index contributed by atoms with van der Waals surface area (Å²) in [6.45, 7) is 4.62. The number of nitrogens with one attached hydrogen (secondary N) is 1. The van der Waals surface area contributed by atoms with Crippen LogP contribution in [0.15, 0.2) is 57.0 Å². The Bertz CT molecular complexity index is 1100. The third-order valence-electron chi connectivity index (χ3n) is 4.51. The molecule has 0 saturated heterocycles. The lowest BCUT2D eigenvalue weighted by atomic mass is 10.1. The topological polar surface area (TPSA) is 66.3 Å². The Morgan fingerprint density at radius 2 is 2.07 bits per heavy atom. The molecule has 2 heterocycles. The second-order valence-electron chi connectivity index (χ2n) is 6.54. The number of fused-ring (bicyclic) bond motifs is 2. The number of halogens is 1. The summed E-state index contributed by atoms with van der Waals surface area (Å²) in [5.41, 5.74) is 1.40. The number of nitrogens with zero attached hydrogens (tertiary/aromatic N) is 3. The first-order chi connectivity index (χ1) is 14.1. The molecule has 8 heteroatoms. The maximum absolute atomic E-state index is 13.0. The predicted octanol–water partition coefficient (Wildman–Crippen LogP) is 3.13. The lowest BCUT2D eigenvalue weighted by Gasteiger charge is -2.34. The number of carbonyl (C=O) groups excluding carboxylic acids is 1. The third-order valence-corrected chi connectivity index (χ3v) is 6.31. The molecular weight excluding hydrogens is 452 g/mol. The standard InChI is InChI=1S/C21H21BrN4O2S/c1-3-11-29-21-24-20(27)18-14-7-5-6-8-17(14)23-19(26(18)25-21)15-12-13(28-4-2)9-10-16(15)22/h5-10,12,19H,3-4,11H2,1-2H3,(H,24,25,27). The van der Waals surface area contributed by atoms with Crippen molar-refractivity contribution < 1.29 is 9.53 Å². The number of rotatable bonds is 5. The molecule has 29 heavy (non-hydrogen) atoms. The number of hydrogen-bond acceptors (Lipinski definition) is 6. The molecule has 0 saturated carbocycles. The zero-order valence-corrected chi connectivity index (χ0v) is 18.6. The summed E-state index contributed by atoms with van der Waals surface area (Å²) >= 11 is 5.18. The molecule has 1 atom stereocenters. The molecule has 150 valence electrons. The van der Waals surface area contributed by atoms with Gasteiger partial charge >= 0.3 is 0 Å². The van der Waals surface area contributed by atoms with Crippen LogP contribution in [0.1, 0.15) is 32.0 Å². The van der Waals surface area contributed by atoms with E-state index in [4.69, 9.17) is 14.8 Å². The number of thioether (sulfide) groups is 1. The van der Waals surface area contributed by atoms with E-state index in [-0.39, 0.29) is 5.91 Å². The maximum Gasteiger partial charge on any atom is 0.276 e. The molecule has 2 aromatic rings. The van der Waals surface area contributed by atoms with E-state index in [0.29, 0.717) is 17.5 Å². The molecule has 0 spiro atoms. The summed E-state index contributed by atoms with van der Waals surface area (Å²) < 4.78 is 6.57. The van der Waals surface area contributed by atoms with Crippen molar-refractivity contribution in [3.63, 3.8) is 0 Å². The van der Waals surface area contributed by atoms with Crippen molar-refractivity contribution in [3.05, 3.63) is 63.1 Å². The first-order valence-corrected chi connectivity index (χ1v) is 11.3. The van der Waals surface area contributed by atoms with Gasteiger partial charge in [-0.3, -0.25) is 15.1 Å². The first-order valence-electron chi connectivity index (χ1n) is 9.53. The molecule has 4 rings (SSSR count). The zero-order valence-electron chi connectivity index (χ0n) is 16.2. The number of carbonyl (C=O) groups is 1. The van der Waals surface area contributed by atoms with Gasteiger partial charge < -0.3 is 4.74 Å². The van der Waals surface area contributed by atoms with Crippen molar-refractivity contribution in [1.29, 1.82) is 0 Å². The maximum atomic E-state index is 13.0. The first kappa shape index (κ1) is 20.0. The third kappa shape index (κ3) is 3.91. The van der Waals surface area contributed by atoms with Crippen LogP contribution in [0.2, 0.25) is 0 Å². The van der Waals surface area contributed by atoms with Gasteiger partial charge in [-0.2, -0.15) is 0 Å². The molecule has 0 radical (unpaired) electrons. The van der Waals surface area contributed by atoms with Gasteiger partial charge in [-0.25, -0.2) is 5.01 Å². The molecule has 1 N–H and O–H groups in total. The minimum atomic E-state index is -0.474. The summed E-state index contributed by atoms with van der Waals surface area (Å²) in [7, 11) is 0. The van der Waals surface area contributed by atoms with Crippen molar-refractivity contribution in [2.45, 2.75) is 26.4 Å². The highest BCUT2D eigenvalue weighted by Crippen LogP contribution is 2.36. The van der Waals surface area contributed by atoms with Gasteiger partial charge in [0.25, 0.3) is 5.91 Å². The van der Waals surface area contributed by atoms with Crippen LogP contribution in [0.5, 0.6) is 5.75 Å². The molecule has 2 aliphatic heterocycles. The quantitative estimate of drug-likeness (QED) is 0.725. The summed E-state index contributed by atoms with van der Waals surface area (Å²) in [5.74, 6) is 1.47. The van der Waals surface area contributed by atoms with Crippen LogP contribution in [0.4, 0.5) is 0 Å². The van der Waals surface area contributed by atoms with Crippen LogP contribution >= 0.6 is 27.7 Å². The predicted molar refractivity (Wildman–Crippen MR) is 119 cm³/mol. The average molecular weight is 473 g/mol. The average Bonchev–Trinajstić information content (AvgIpc) is 2.73. The van der Waals surface area contributed by atoms with Gasteiger partial charge in [-0.05, 0) is 37.6 Å². The summed E-state index contributed by atoms with van der Waals surface area (Å²) in [5, 5.41) is 11.6. The van der Waals surface area contributed by atoms with E-state index >= 15 is 0 Å². The number of hydrogen-bond donors (Lipinski definition) is 1. The monoisotopic (exact) mass is 472 g/mol. The zero-order chi connectivity index (χ0) is 20.4. The Kier molecular flexibility index (Phi) is 5.91. The van der Waals surface area contributed by atoms with Crippen molar-refractivity contribution in [2.75, 3.05) is 12.4 Å². The second kappa shape index (κ2) is 8.59. The molecule has 6 nitrogen and oxygen atoms in total. The van der Waals surface area contributed by atoms with E-state index in [1.165, 1.54) is 11.8 Å². The van der Waals surface area contributed by atoms with Crippen LogP contribution in [0, 0.1) is 0 Å². The fourth-order valence-corrected chi connectivity index (χ4v) is 4.43. The highest BCUT2D eigenvalue weighted by molar-refractivity contribution is 9.10. The fourth-order valence-electron chi connectivity index (χ4n) is 3.27. The summed E-state index contributed by atoms with van der Waals surface area (Å²) in [6, 6.07) is 13.5. The van der Waals surface area contributed by atoms with E-state index in [9.17, 15) is 4.79 Å². The molecular formula is C21H21BrN4O2S. The molecule has 0 aliphatic carbocycles. The van der Waals surface area contributed by atoms with Crippen molar-refractivity contribution in [3.8, 4) is 5.75 Å². The van der Waals surface area contributed by atoms with Crippen LogP contribution in [-0.4, -0.2) is 28.4 Å². The summed E-state index contributed by atoms with van der Waals surface area (Å²) in [4.78, 5) is 18.0. The SMILES string of the molecule is CCCSC1=NN2C(=c3ccccc3=NC2c2cc(OCC)ccc2Br)C(=O)N1. The molecule has 0 bridgehead atoms. The van der Waals surface area contributed by atoms with Crippen molar-refractivity contribution >= 4 is 44.5 Å². The smallest absolute Gasteiger partial charge is 0.276 e. The van der Waals surface area contributed by atoms with Crippen LogP contribution in [0.3, 0.4) is 0 Å².